The van der Waals surface area contributed by atoms with Crippen molar-refractivity contribution < 1.29 is 13.6 Å². The van der Waals surface area contributed by atoms with E-state index in [9.17, 15) is 13.6 Å². The van der Waals surface area contributed by atoms with E-state index in [0.29, 0.717) is 11.1 Å². The van der Waals surface area contributed by atoms with Gasteiger partial charge >= 0.3 is 0 Å². The Bertz CT molecular complexity index is 736. The topological polar surface area (TPSA) is 66.9 Å². The quantitative estimate of drug-likeness (QED) is 0.904. The zero-order chi connectivity index (χ0) is 17.0. The van der Waals surface area contributed by atoms with Gasteiger partial charge in [-0.3, -0.25) is 4.79 Å². The standard InChI is InChI=1S/C17H14F2N2OS/c1-10(15-13(18)3-2-4-14(15)19)23-16(17(21)22)12-7-5-11(9-20)6-8-12/h2-8,10,16H,1H3,(H2,21,22)/t10-,16-/m0/s1. The zero-order valence-electron chi connectivity index (χ0n) is 12.3. The third-order valence-corrected chi connectivity index (χ3v) is 4.77. The number of rotatable bonds is 5. The van der Waals surface area contributed by atoms with Gasteiger partial charge in [0.05, 0.1) is 11.6 Å². The highest BCUT2D eigenvalue weighted by molar-refractivity contribution is 8.00. The summed E-state index contributed by atoms with van der Waals surface area (Å²) in [5.41, 5.74) is 6.39. The van der Waals surface area contributed by atoms with Gasteiger partial charge < -0.3 is 5.73 Å². The van der Waals surface area contributed by atoms with Crippen LogP contribution in [-0.2, 0) is 4.79 Å². The van der Waals surface area contributed by atoms with Crippen LogP contribution in [0, 0.1) is 23.0 Å². The molecule has 0 bridgehead atoms. The molecule has 0 saturated heterocycles. The maximum Gasteiger partial charge on any atom is 0.235 e. The number of hydrogen-bond donors (Lipinski definition) is 1. The first-order chi connectivity index (χ1) is 10.9. The molecule has 118 valence electrons. The van der Waals surface area contributed by atoms with Gasteiger partial charge in [-0.05, 0) is 36.8 Å². The molecule has 2 aromatic rings. The lowest BCUT2D eigenvalue weighted by atomic mass is 10.1. The highest BCUT2D eigenvalue weighted by atomic mass is 32.2. The number of benzene rings is 2. The van der Waals surface area contributed by atoms with E-state index in [2.05, 4.69) is 0 Å². The van der Waals surface area contributed by atoms with Gasteiger partial charge in [0, 0.05) is 10.8 Å². The summed E-state index contributed by atoms with van der Waals surface area (Å²) in [7, 11) is 0. The van der Waals surface area contributed by atoms with Crippen LogP contribution in [0.25, 0.3) is 0 Å². The second-order valence-electron chi connectivity index (χ2n) is 4.93. The van der Waals surface area contributed by atoms with Crippen LogP contribution in [0.1, 0.15) is 34.1 Å². The first kappa shape index (κ1) is 17.0. The lowest BCUT2D eigenvalue weighted by Gasteiger charge is -2.20. The monoisotopic (exact) mass is 332 g/mol. The molecule has 2 rings (SSSR count). The summed E-state index contributed by atoms with van der Waals surface area (Å²) >= 11 is 1.06. The van der Waals surface area contributed by atoms with Crippen LogP contribution in [0.2, 0.25) is 0 Å². The Morgan fingerprint density at radius 3 is 2.22 bits per heavy atom. The molecular formula is C17H14F2N2OS. The van der Waals surface area contributed by atoms with Gasteiger partial charge in [0.2, 0.25) is 5.91 Å². The third-order valence-electron chi connectivity index (χ3n) is 3.35. The largest absolute Gasteiger partial charge is 0.368 e. The second kappa shape index (κ2) is 7.25. The Morgan fingerprint density at radius 1 is 1.17 bits per heavy atom. The number of amides is 1. The maximum absolute atomic E-state index is 13.8. The number of nitrogens with two attached hydrogens (primary N) is 1. The van der Waals surface area contributed by atoms with E-state index in [0.717, 1.165) is 11.8 Å². The molecule has 0 aliphatic rings. The second-order valence-corrected chi connectivity index (χ2v) is 6.38. The highest BCUT2D eigenvalue weighted by Crippen LogP contribution is 2.41. The van der Waals surface area contributed by atoms with Gasteiger partial charge in [0.25, 0.3) is 0 Å². The molecule has 0 radical (unpaired) electrons. The molecule has 23 heavy (non-hydrogen) atoms. The van der Waals surface area contributed by atoms with Gasteiger partial charge in [-0.2, -0.15) is 5.26 Å². The lowest BCUT2D eigenvalue weighted by Crippen LogP contribution is -2.20. The SMILES string of the molecule is C[C@H](S[C@H](C(N)=O)c1ccc(C#N)cc1)c1c(F)cccc1F. The van der Waals surface area contributed by atoms with Crippen molar-refractivity contribution in [2.75, 3.05) is 0 Å². The van der Waals surface area contributed by atoms with Crippen molar-refractivity contribution in [3.05, 3.63) is 70.8 Å². The summed E-state index contributed by atoms with van der Waals surface area (Å²) in [5.74, 6) is -1.93. The van der Waals surface area contributed by atoms with E-state index in [1.165, 1.54) is 18.2 Å². The Morgan fingerprint density at radius 2 is 1.74 bits per heavy atom. The molecule has 0 heterocycles. The number of nitriles is 1. The molecule has 2 aromatic carbocycles. The summed E-state index contributed by atoms with van der Waals surface area (Å²) < 4.78 is 27.7. The normalized spacial score (nSPS) is 13.1. The smallest absolute Gasteiger partial charge is 0.235 e. The lowest BCUT2D eigenvalue weighted by molar-refractivity contribution is -0.117. The Balaban J connectivity index is 2.29. The minimum atomic E-state index is -0.767. The third kappa shape index (κ3) is 3.88. The molecule has 2 atom stereocenters. The number of nitrogens with zero attached hydrogens (tertiary/aromatic N) is 1. The predicted octanol–water partition coefficient (Wildman–Crippen LogP) is 3.86. The number of hydrogen-bond acceptors (Lipinski definition) is 3. The molecule has 1 amide bonds. The van der Waals surface area contributed by atoms with Gasteiger partial charge in [0.15, 0.2) is 0 Å². The molecular weight excluding hydrogens is 318 g/mol. The van der Waals surface area contributed by atoms with Crippen molar-refractivity contribution in [2.24, 2.45) is 5.73 Å². The highest BCUT2D eigenvalue weighted by Gasteiger charge is 2.25. The number of primary amides is 1. The van der Waals surface area contributed by atoms with Gasteiger partial charge in [-0.15, -0.1) is 11.8 Å². The van der Waals surface area contributed by atoms with Crippen molar-refractivity contribution in [1.29, 1.82) is 5.26 Å². The van der Waals surface area contributed by atoms with E-state index < -0.39 is 28.0 Å². The molecule has 0 aliphatic heterocycles. The first-order valence-corrected chi connectivity index (χ1v) is 7.77. The fourth-order valence-electron chi connectivity index (χ4n) is 2.21. The minimum Gasteiger partial charge on any atom is -0.368 e. The number of thioether (sulfide) groups is 1. The molecule has 3 nitrogen and oxygen atoms in total. The van der Waals surface area contributed by atoms with E-state index in [4.69, 9.17) is 11.0 Å². The average Bonchev–Trinajstić information content (AvgIpc) is 2.52. The predicted molar refractivity (Wildman–Crippen MR) is 85.5 cm³/mol. The average molecular weight is 332 g/mol. The Hall–Kier alpha value is -2.39. The summed E-state index contributed by atoms with van der Waals surface area (Å²) in [6.07, 6.45) is 0. The van der Waals surface area contributed by atoms with E-state index in [1.54, 1.807) is 31.2 Å². The fraction of sp³-hybridized carbons (Fsp3) is 0.176. The summed E-state index contributed by atoms with van der Waals surface area (Å²) in [6, 6.07) is 12.0. The van der Waals surface area contributed by atoms with Crippen LogP contribution in [0.15, 0.2) is 42.5 Å². The van der Waals surface area contributed by atoms with Crippen LogP contribution >= 0.6 is 11.8 Å². The molecule has 0 aliphatic carbocycles. The van der Waals surface area contributed by atoms with Crippen LogP contribution in [0.3, 0.4) is 0 Å². The molecule has 2 N–H and O–H groups in total. The van der Waals surface area contributed by atoms with Crippen LogP contribution < -0.4 is 5.73 Å². The van der Waals surface area contributed by atoms with E-state index in [1.807, 2.05) is 6.07 Å². The van der Waals surface area contributed by atoms with Crippen LogP contribution in [0.4, 0.5) is 8.78 Å². The molecule has 0 spiro atoms. The van der Waals surface area contributed by atoms with Crippen LogP contribution in [-0.4, -0.2) is 5.91 Å². The Labute approximate surface area is 137 Å². The van der Waals surface area contributed by atoms with Crippen molar-refractivity contribution in [3.63, 3.8) is 0 Å². The molecule has 0 aromatic heterocycles. The van der Waals surface area contributed by atoms with Gasteiger partial charge in [-0.25, -0.2) is 8.78 Å². The number of carbonyl (C=O) groups is 1. The maximum atomic E-state index is 13.8. The first-order valence-electron chi connectivity index (χ1n) is 6.82. The molecule has 0 saturated carbocycles. The van der Waals surface area contributed by atoms with Crippen molar-refractivity contribution >= 4 is 17.7 Å². The van der Waals surface area contributed by atoms with E-state index in [-0.39, 0.29) is 5.56 Å². The molecule has 0 fully saturated rings. The number of halogens is 2. The molecule has 6 heteroatoms. The summed E-state index contributed by atoms with van der Waals surface area (Å²) in [6.45, 7) is 1.62. The zero-order valence-corrected chi connectivity index (χ0v) is 13.1. The summed E-state index contributed by atoms with van der Waals surface area (Å²) in [5, 5.41) is 7.43. The minimum absolute atomic E-state index is 0.0857. The summed E-state index contributed by atoms with van der Waals surface area (Å²) in [4.78, 5) is 11.7. The van der Waals surface area contributed by atoms with Crippen molar-refractivity contribution in [1.82, 2.24) is 0 Å². The van der Waals surface area contributed by atoms with Crippen LogP contribution in [0.5, 0.6) is 0 Å². The van der Waals surface area contributed by atoms with Crippen molar-refractivity contribution in [2.45, 2.75) is 17.4 Å². The van der Waals surface area contributed by atoms with Crippen molar-refractivity contribution in [3.8, 4) is 6.07 Å². The molecule has 0 unspecified atom stereocenters. The van der Waals surface area contributed by atoms with E-state index >= 15 is 0 Å². The Kier molecular flexibility index (Phi) is 5.35. The van der Waals surface area contributed by atoms with Gasteiger partial charge in [-0.1, -0.05) is 18.2 Å². The number of carbonyl (C=O) groups excluding carboxylic acids is 1. The fourth-order valence-corrected chi connectivity index (χ4v) is 3.43. The van der Waals surface area contributed by atoms with Gasteiger partial charge in [0.1, 0.15) is 16.9 Å².